The lowest BCUT2D eigenvalue weighted by Crippen LogP contribution is -2.48. The fraction of sp³-hybridized carbons (Fsp3) is 0.636. The van der Waals surface area contributed by atoms with E-state index in [2.05, 4.69) is 20.9 Å². The summed E-state index contributed by atoms with van der Waals surface area (Å²) in [5.74, 6) is 0.814. The molecule has 1 aromatic rings. The Labute approximate surface area is 190 Å². The predicted octanol–water partition coefficient (Wildman–Crippen LogP) is 3.72. The van der Waals surface area contributed by atoms with Crippen LogP contribution in [0.5, 0.6) is 0 Å². The van der Waals surface area contributed by atoms with Crippen molar-refractivity contribution in [1.82, 2.24) is 16.0 Å². The molecule has 0 aliphatic heterocycles. The van der Waals surface area contributed by atoms with Crippen molar-refractivity contribution in [2.75, 3.05) is 13.6 Å². The molecule has 0 heterocycles. The topological polar surface area (TPSA) is 65.5 Å². The van der Waals surface area contributed by atoms with Gasteiger partial charge in [0, 0.05) is 37.0 Å². The van der Waals surface area contributed by atoms with Crippen LogP contribution < -0.4 is 16.0 Å². The van der Waals surface area contributed by atoms with Crippen LogP contribution in [0.2, 0.25) is 0 Å². The molecule has 0 spiro atoms. The Kier molecular flexibility index (Phi) is 8.73. The molecule has 7 heteroatoms. The fourth-order valence-corrected chi connectivity index (χ4v) is 4.19. The molecule has 29 heavy (non-hydrogen) atoms. The van der Waals surface area contributed by atoms with Crippen molar-refractivity contribution in [1.29, 1.82) is 0 Å². The third kappa shape index (κ3) is 6.30. The number of carbonyl (C=O) groups excluding carboxylic acids is 1. The van der Waals surface area contributed by atoms with Crippen LogP contribution in [0.4, 0.5) is 4.39 Å². The highest BCUT2D eigenvalue weighted by atomic mass is 127. The highest BCUT2D eigenvalue weighted by molar-refractivity contribution is 14.0. The van der Waals surface area contributed by atoms with Crippen LogP contribution in [-0.4, -0.2) is 37.5 Å². The number of rotatable bonds is 6. The summed E-state index contributed by atoms with van der Waals surface area (Å²) in [6, 6.07) is 7.45. The molecule has 5 nitrogen and oxygen atoms in total. The highest BCUT2D eigenvalue weighted by Gasteiger charge is 2.45. The van der Waals surface area contributed by atoms with E-state index in [1.807, 2.05) is 26.0 Å². The maximum Gasteiger partial charge on any atom is 0.223 e. The number of halogens is 2. The zero-order chi connectivity index (χ0) is 20.1. The third-order valence-corrected chi connectivity index (χ3v) is 5.93. The van der Waals surface area contributed by atoms with Gasteiger partial charge in [-0.2, -0.15) is 0 Å². The molecule has 0 bridgehead atoms. The fourth-order valence-electron chi connectivity index (χ4n) is 4.19. The molecule has 2 aliphatic carbocycles. The Hall–Kier alpha value is -1.38. The lowest BCUT2D eigenvalue weighted by atomic mass is 9.85. The van der Waals surface area contributed by atoms with E-state index in [-0.39, 0.29) is 59.1 Å². The lowest BCUT2D eigenvalue weighted by molar-refractivity contribution is -0.126. The number of aliphatic imine (C=N–C) groups is 1. The first-order valence-corrected chi connectivity index (χ1v) is 10.5. The van der Waals surface area contributed by atoms with Gasteiger partial charge in [-0.05, 0) is 57.6 Å². The summed E-state index contributed by atoms with van der Waals surface area (Å²) in [5.41, 5.74) is 0.663. The molecule has 2 aliphatic rings. The first-order valence-electron chi connectivity index (χ1n) is 10.5. The number of hydrogen-bond acceptors (Lipinski definition) is 2. The molecule has 162 valence electrons. The molecule has 3 N–H and O–H groups in total. The number of hydrogen-bond donors (Lipinski definition) is 3. The zero-order valence-electron chi connectivity index (χ0n) is 17.6. The maximum atomic E-state index is 14.2. The average Bonchev–Trinajstić information content (AvgIpc) is 3.46. The van der Waals surface area contributed by atoms with Gasteiger partial charge in [-0.3, -0.25) is 9.79 Å². The van der Waals surface area contributed by atoms with Crippen LogP contribution in [0.3, 0.4) is 0 Å². The van der Waals surface area contributed by atoms with Crippen LogP contribution >= 0.6 is 24.0 Å². The van der Waals surface area contributed by atoms with Crippen molar-refractivity contribution in [2.24, 2.45) is 10.9 Å². The largest absolute Gasteiger partial charge is 0.356 e. The highest BCUT2D eigenvalue weighted by Crippen LogP contribution is 2.48. The molecule has 2 unspecified atom stereocenters. The van der Waals surface area contributed by atoms with E-state index in [0.717, 1.165) is 50.0 Å². The van der Waals surface area contributed by atoms with Gasteiger partial charge < -0.3 is 16.0 Å². The van der Waals surface area contributed by atoms with Crippen LogP contribution in [0, 0.1) is 11.7 Å². The van der Waals surface area contributed by atoms with Crippen LogP contribution in [-0.2, 0) is 10.2 Å². The van der Waals surface area contributed by atoms with Gasteiger partial charge in [0.1, 0.15) is 5.82 Å². The second-order valence-corrected chi connectivity index (χ2v) is 8.55. The molecule has 1 amide bonds. The molecular formula is C22H34FIN4O. The van der Waals surface area contributed by atoms with Gasteiger partial charge >= 0.3 is 0 Å². The number of nitrogens with zero attached hydrogens (tertiary/aromatic N) is 1. The summed E-state index contributed by atoms with van der Waals surface area (Å²) in [6.45, 7) is 4.65. The van der Waals surface area contributed by atoms with Gasteiger partial charge in [-0.25, -0.2) is 4.39 Å². The van der Waals surface area contributed by atoms with E-state index in [9.17, 15) is 9.18 Å². The number of carbonyl (C=O) groups is 1. The summed E-state index contributed by atoms with van der Waals surface area (Å²) < 4.78 is 14.2. The first kappa shape index (κ1) is 23.9. The van der Waals surface area contributed by atoms with Crippen LogP contribution in [0.25, 0.3) is 0 Å². The minimum Gasteiger partial charge on any atom is -0.356 e. The molecule has 2 fully saturated rings. The minimum absolute atomic E-state index is 0. The van der Waals surface area contributed by atoms with E-state index in [0.29, 0.717) is 6.54 Å². The Balaban J connectivity index is 0.00000300. The van der Waals surface area contributed by atoms with Gasteiger partial charge in [0.05, 0.1) is 0 Å². The molecule has 1 aromatic carbocycles. The standard InChI is InChI=1S/C22H33FN4O.HI/c1-15(2)26-20(28)16-7-6-8-17(13-16)27-21(24-3)25-14-22(11-12-22)18-9-4-5-10-19(18)23;/h4-5,9-10,15-17H,6-8,11-14H2,1-3H3,(H,26,28)(H2,24,25,27);1H. The van der Waals surface area contributed by atoms with Gasteiger partial charge in [0.25, 0.3) is 0 Å². The van der Waals surface area contributed by atoms with E-state index in [1.165, 1.54) is 6.07 Å². The van der Waals surface area contributed by atoms with E-state index in [1.54, 1.807) is 13.1 Å². The van der Waals surface area contributed by atoms with Crippen molar-refractivity contribution in [3.05, 3.63) is 35.6 Å². The minimum atomic E-state index is -0.130. The van der Waals surface area contributed by atoms with Crippen LogP contribution in [0.15, 0.2) is 29.3 Å². The molecule has 0 aromatic heterocycles. The number of benzene rings is 1. The second-order valence-electron chi connectivity index (χ2n) is 8.55. The van der Waals surface area contributed by atoms with Gasteiger partial charge in [0.2, 0.25) is 5.91 Å². The Bertz CT molecular complexity index is 721. The number of guanidine groups is 1. The summed E-state index contributed by atoms with van der Waals surface area (Å²) in [6.07, 6.45) is 5.79. The second kappa shape index (κ2) is 10.6. The normalized spacial score (nSPS) is 23.1. The van der Waals surface area contributed by atoms with Crippen LogP contribution in [0.1, 0.15) is 57.9 Å². The molecule has 0 saturated heterocycles. The molecule has 2 saturated carbocycles. The Morgan fingerprint density at radius 1 is 1.28 bits per heavy atom. The molecular weight excluding hydrogens is 482 g/mol. The zero-order valence-corrected chi connectivity index (χ0v) is 20.0. The average molecular weight is 516 g/mol. The number of nitrogens with one attached hydrogen (secondary N) is 3. The number of amides is 1. The Morgan fingerprint density at radius 2 is 2.00 bits per heavy atom. The van der Waals surface area contributed by atoms with Gasteiger partial charge in [0.15, 0.2) is 5.96 Å². The quantitative estimate of drug-likeness (QED) is 0.307. The summed E-state index contributed by atoms with van der Waals surface area (Å²) >= 11 is 0. The van der Waals surface area contributed by atoms with Crippen molar-refractivity contribution in [3.63, 3.8) is 0 Å². The Morgan fingerprint density at radius 3 is 2.62 bits per heavy atom. The van der Waals surface area contributed by atoms with Gasteiger partial charge in [-0.15, -0.1) is 24.0 Å². The van der Waals surface area contributed by atoms with Gasteiger partial charge in [-0.1, -0.05) is 24.6 Å². The van der Waals surface area contributed by atoms with Crippen molar-refractivity contribution in [2.45, 2.75) is 69.9 Å². The third-order valence-electron chi connectivity index (χ3n) is 5.93. The van der Waals surface area contributed by atoms with E-state index in [4.69, 9.17) is 0 Å². The molecule has 2 atom stereocenters. The SMILES string of the molecule is CN=C(NCC1(c2ccccc2F)CC1)NC1CCCC(C(=O)NC(C)C)C1.I. The molecule has 0 radical (unpaired) electrons. The van der Waals surface area contributed by atoms with E-state index < -0.39 is 0 Å². The van der Waals surface area contributed by atoms with E-state index >= 15 is 0 Å². The first-order chi connectivity index (χ1) is 13.4. The lowest BCUT2D eigenvalue weighted by Gasteiger charge is -2.31. The smallest absolute Gasteiger partial charge is 0.223 e. The summed E-state index contributed by atoms with van der Waals surface area (Å²) in [4.78, 5) is 16.7. The monoisotopic (exact) mass is 516 g/mol. The molecule has 3 rings (SSSR count). The predicted molar refractivity (Wildman–Crippen MR) is 126 cm³/mol. The maximum absolute atomic E-state index is 14.2. The van der Waals surface area contributed by atoms with Crippen molar-refractivity contribution >= 4 is 35.8 Å². The summed E-state index contributed by atoms with van der Waals surface area (Å²) in [5, 5.41) is 9.90. The van der Waals surface area contributed by atoms with Crippen molar-refractivity contribution in [3.8, 4) is 0 Å². The van der Waals surface area contributed by atoms with Crippen molar-refractivity contribution < 1.29 is 9.18 Å². The summed E-state index contributed by atoms with van der Waals surface area (Å²) in [7, 11) is 1.75.